The van der Waals surface area contributed by atoms with Crippen LogP contribution < -0.4 is 0 Å². The van der Waals surface area contributed by atoms with Crippen molar-refractivity contribution in [3.63, 3.8) is 0 Å². The quantitative estimate of drug-likeness (QED) is 0.422. The third kappa shape index (κ3) is 4.31. The summed E-state index contributed by atoms with van der Waals surface area (Å²) < 4.78 is 4.12. The first-order valence-electron chi connectivity index (χ1n) is 3.96. The molecule has 0 radical (unpaired) electrons. The van der Waals surface area contributed by atoms with Gasteiger partial charge in [-0.25, -0.2) is 14.4 Å². The highest BCUT2D eigenvalue weighted by atomic mass is 16.6. The van der Waals surface area contributed by atoms with Gasteiger partial charge in [-0.2, -0.15) is 0 Å². The molecule has 0 aromatic rings. The van der Waals surface area contributed by atoms with Gasteiger partial charge < -0.3 is 14.9 Å². The number of esters is 1. The molecule has 0 rings (SSSR count). The van der Waals surface area contributed by atoms with Gasteiger partial charge in [-0.15, -0.1) is 0 Å². The van der Waals surface area contributed by atoms with Crippen molar-refractivity contribution in [1.82, 2.24) is 0 Å². The lowest BCUT2D eigenvalue weighted by molar-refractivity contribution is -0.168. The number of carbonyl (C=O) groups excluding carboxylic acids is 3. The van der Waals surface area contributed by atoms with E-state index in [1.807, 2.05) is 0 Å². The first-order valence-corrected chi connectivity index (χ1v) is 3.96. The normalized spacial score (nSPS) is 11.3. The zero-order valence-electron chi connectivity index (χ0n) is 8.13. The van der Waals surface area contributed by atoms with Gasteiger partial charge in [0.1, 0.15) is 0 Å². The third-order valence-corrected chi connectivity index (χ3v) is 1.42. The van der Waals surface area contributed by atoms with Crippen molar-refractivity contribution in [2.45, 2.75) is 19.4 Å². The first-order chi connectivity index (χ1) is 7.25. The summed E-state index contributed by atoms with van der Waals surface area (Å²) in [5, 5.41) is 16.7. The Morgan fingerprint density at radius 2 is 1.62 bits per heavy atom. The van der Waals surface area contributed by atoms with E-state index in [0.717, 1.165) is 6.92 Å². The first kappa shape index (κ1) is 13.8. The number of aliphatic carboxylic acids is 2. The van der Waals surface area contributed by atoms with E-state index in [4.69, 9.17) is 10.2 Å². The van der Waals surface area contributed by atoms with Crippen LogP contribution >= 0.6 is 0 Å². The molecule has 0 aromatic carbocycles. The summed E-state index contributed by atoms with van der Waals surface area (Å²) in [6.07, 6.45) is -3.00. The van der Waals surface area contributed by atoms with Crippen molar-refractivity contribution in [3.8, 4) is 0 Å². The zero-order valence-corrected chi connectivity index (χ0v) is 8.13. The molecule has 0 saturated heterocycles. The van der Waals surface area contributed by atoms with Gasteiger partial charge in [-0.3, -0.25) is 9.59 Å². The third-order valence-electron chi connectivity index (χ3n) is 1.42. The molecule has 0 fully saturated rings. The predicted octanol–water partition coefficient (Wildman–Crippen LogP) is -1.38. The molecule has 0 amide bonds. The highest BCUT2D eigenvalue weighted by Crippen LogP contribution is 2.01. The van der Waals surface area contributed by atoms with Crippen LogP contribution in [0.5, 0.6) is 0 Å². The Morgan fingerprint density at radius 1 is 1.12 bits per heavy atom. The fourth-order valence-electron chi connectivity index (χ4n) is 0.647. The molecule has 88 valence electrons. The lowest BCUT2D eigenvalue weighted by atomic mass is 10.2. The fraction of sp³-hybridized carbons (Fsp3) is 0.375. The molecule has 2 N–H and O–H groups in total. The lowest BCUT2D eigenvalue weighted by Crippen LogP contribution is -2.33. The van der Waals surface area contributed by atoms with Gasteiger partial charge in [0, 0.05) is 6.92 Å². The standard InChI is InChI=1S/C8H8O8/c1-3(9)8(15)16-5(7(13)14)2-4(10)6(11)12/h5H,2H2,1H3,(H,11,12)(H,13,14). The van der Waals surface area contributed by atoms with Gasteiger partial charge in [0.15, 0.2) is 0 Å². The number of carboxylic acid groups (broad SMARTS) is 2. The largest absolute Gasteiger partial charge is 0.478 e. The number of ketones is 2. The number of rotatable bonds is 6. The van der Waals surface area contributed by atoms with Crippen LogP contribution in [0.1, 0.15) is 13.3 Å². The highest BCUT2D eigenvalue weighted by Gasteiger charge is 2.29. The number of ether oxygens (including phenoxy) is 1. The van der Waals surface area contributed by atoms with Crippen LogP contribution in [0.25, 0.3) is 0 Å². The summed E-state index contributed by atoms with van der Waals surface area (Å²) in [6, 6.07) is 0. The van der Waals surface area contributed by atoms with E-state index < -0.39 is 42.0 Å². The van der Waals surface area contributed by atoms with Gasteiger partial charge in [-0.05, 0) is 0 Å². The summed E-state index contributed by atoms with van der Waals surface area (Å²) in [4.78, 5) is 52.4. The number of carboxylic acids is 2. The van der Waals surface area contributed by atoms with Crippen molar-refractivity contribution in [2.75, 3.05) is 0 Å². The highest BCUT2D eigenvalue weighted by molar-refractivity contribution is 6.34. The molecule has 0 aromatic heterocycles. The van der Waals surface area contributed by atoms with Gasteiger partial charge in [-0.1, -0.05) is 0 Å². The summed E-state index contributed by atoms with van der Waals surface area (Å²) in [7, 11) is 0. The molecule has 0 bridgehead atoms. The van der Waals surface area contributed by atoms with E-state index in [9.17, 15) is 24.0 Å². The summed E-state index contributed by atoms with van der Waals surface area (Å²) in [5.41, 5.74) is 0. The minimum absolute atomic E-state index is 0.847. The maximum atomic E-state index is 10.7. The van der Waals surface area contributed by atoms with E-state index in [-0.39, 0.29) is 0 Å². The van der Waals surface area contributed by atoms with Crippen LogP contribution in [0.3, 0.4) is 0 Å². The van der Waals surface area contributed by atoms with Crippen molar-refractivity contribution < 1.29 is 38.9 Å². The summed E-state index contributed by atoms with van der Waals surface area (Å²) in [5.74, 6) is -7.46. The molecule has 1 atom stereocenters. The van der Waals surface area contributed by atoms with Crippen LogP contribution in [0.4, 0.5) is 0 Å². The Labute approximate surface area is 88.8 Å². The van der Waals surface area contributed by atoms with Crippen molar-refractivity contribution in [3.05, 3.63) is 0 Å². The molecule has 8 nitrogen and oxygen atoms in total. The molecule has 0 aliphatic carbocycles. The number of Topliss-reactive ketones (excluding diaryl/α,β-unsaturated/α-hetero) is 2. The molecule has 8 heteroatoms. The molecule has 0 aliphatic heterocycles. The van der Waals surface area contributed by atoms with Gasteiger partial charge in [0.2, 0.25) is 17.7 Å². The van der Waals surface area contributed by atoms with Crippen LogP contribution in [0, 0.1) is 0 Å². The van der Waals surface area contributed by atoms with Gasteiger partial charge in [0.05, 0.1) is 6.42 Å². The number of hydrogen-bond donors (Lipinski definition) is 2. The summed E-state index contributed by atoms with van der Waals surface area (Å²) >= 11 is 0. The van der Waals surface area contributed by atoms with Gasteiger partial charge >= 0.3 is 17.9 Å². The molecule has 0 heterocycles. The maximum absolute atomic E-state index is 10.7. The van der Waals surface area contributed by atoms with Gasteiger partial charge in [0.25, 0.3) is 0 Å². The Bertz CT molecular complexity index is 327. The number of carbonyl (C=O) groups is 5. The smallest absolute Gasteiger partial charge is 0.375 e. The van der Waals surface area contributed by atoms with Crippen LogP contribution in [-0.2, 0) is 28.7 Å². The van der Waals surface area contributed by atoms with Crippen molar-refractivity contribution >= 4 is 29.5 Å². The van der Waals surface area contributed by atoms with Crippen LogP contribution in [-0.4, -0.2) is 45.8 Å². The minimum Gasteiger partial charge on any atom is -0.478 e. The zero-order chi connectivity index (χ0) is 12.9. The average Bonchev–Trinajstić information content (AvgIpc) is 2.15. The lowest BCUT2D eigenvalue weighted by Gasteiger charge is -2.10. The molecular formula is C8H8O8. The maximum Gasteiger partial charge on any atom is 0.375 e. The topological polar surface area (TPSA) is 135 Å². The summed E-state index contributed by atoms with van der Waals surface area (Å²) in [6.45, 7) is 0.847. The SMILES string of the molecule is CC(=O)C(=O)OC(CC(=O)C(=O)O)C(=O)O. The van der Waals surface area contributed by atoms with E-state index in [2.05, 4.69) is 4.74 Å². The Hall–Kier alpha value is -2.25. The van der Waals surface area contributed by atoms with E-state index in [1.54, 1.807) is 0 Å². The average molecular weight is 232 g/mol. The van der Waals surface area contributed by atoms with E-state index in [0.29, 0.717) is 0 Å². The molecule has 0 saturated carbocycles. The second kappa shape index (κ2) is 5.59. The number of hydrogen-bond acceptors (Lipinski definition) is 6. The van der Waals surface area contributed by atoms with Crippen molar-refractivity contribution in [1.29, 1.82) is 0 Å². The molecule has 0 aliphatic rings. The Kier molecular flexibility index (Phi) is 4.80. The Morgan fingerprint density at radius 3 is 1.94 bits per heavy atom. The van der Waals surface area contributed by atoms with E-state index in [1.165, 1.54) is 0 Å². The fourth-order valence-corrected chi connectivity index (χ4v) is 0.647. The second-order valence-corrected chi connectivity index (χ2v) is 2.72. The second-order valence-electron chi connectivity index (χ2n) is 2.72. The van der Waals surface area contributed by atoms with Crippen molar-refractivity contribution in [2.24, 2.45) is 0 Å². The molecule has 16 heavy (non-hydrogen) atoms. The molecule has 0 spiro atoms. The monoisotopic (exact) mass is 232 g/mol. The van der Waals surface area contributed by atoms with Crippen LogP contribution in [0.15, 0.2) is 0 Å². The molecule has 1 unspecified atom stereocenters. The predicted molar refractivity (Wildman–Crippen MR) is 45.5 cm³/mol. The minimum atomic E-state index is -1.97. The Balaban J connectivity index is 4.58. The van der Waals surface area contributed by atoms with Crippen LogP contribution in [0.2, 0.25) is 0 Å². The van der Waals surface area contributed by atoms with E-state index >= 15 is 0 Å². The molecular weight excluding hydrogens is 224 g/mol.